The van der Waals surface area contributed by atoms with E-state index in [1.807, 2.05) is 12.3 Å². The van der Waals surface area contributed by atoms with Gasteiger partial charge in [-0.15, -0.1) is 11.3 Å². The minimum absolute atomic E-state index is 0.0296. The Labute approximate surface area is 129 Å². The Kier molecular flexibility index (Phi) is 5.33. The molecule has 0 spiro atoms. The first-order chi connectivity index (χ1) is 10.1. The molecule has 1 aromatic carbocycles. The van der Waals surface area contributed by atoms with Gasteiger partial charge in [0.25, 0.3) is 0 Å². The standard InChI is InChI=1S/C16H21N3OS/c1-4-13-7-6-8-14(9-13)17-10-15-11-21-16(18-15)19(5-2)12(3)20/h6-9,11,17H,4-5,10H2,1-3H3. The van der Waals surface area contributed by atoms with Crippen molar-refractivity contribution in [3.05, 3.63) is 40.9 Å². The van der Waals surface area contributed by atoms with Crippen molar-refractivity contribution < 1.29 is 4.79 Å². The minimum Gasteiger partial charge on any atom is -0.379 e. The lowest BCUT2D eigenvalue weighted by Gasteiger charge is -2.14. The molecule has 1 N–H and O–H groups in total. The van der Waals surface area contributed by atoms with Crippen molar-refractivity contribution in [3.8, 4) is 0 Å². The summed E-state index contributed by atoms with van der Waals surface area (Å²) in [5.41, 5.74) is 3.37. The third-order valence-electron chi connectivity index (χ3n) is 3.28. The smallest absolute Gasteiger partial charge is 0.225 e. The van der Waals surface area contributed by atoms with Gasteiger partial charge in [0.15, 0.2) is 5.13 Å². The second kappa shape index (κ2) is 7.22. The summed E-state index contributed by atoms with van der Waals surface area (Å²) in [6, 6.07) is 8.39. The van der Waals surface area contributed by atoms with E-state index in [9.17, 15) is 4.79 Å². The molecule has 0 aliphatic rings. The van der Waals surface area contributed by atoms with E-state index in [2.05, 4.69) is 41.5 Å². The number of benzene rings is 1. The van der Waals surface area contributed by atoms with Gasteiger partial charge < -0.3 is 5.32 Å². The number of aryl methyl sites for hydroxylation is 1. The normalized spacial score (nSPS) is 10.4. The average molecular weight is 303 g/mol. The molecule has 4 nitrogen and oxygen atoms in total. The number of thiazole rings is 1. The summed E-state index contributed by atoms with van der Waals surface area (Å²) < 4.78 is 0. The average Bonchev–Trinajstić information content (AvgIpc) is 2.94. The second-order valence-corrected chi connectivity index (χ2v) is 5.63. The fourth-order valence-electron chi connectivity index (χ4n) is 2.09. The van der Waals surface area contributed by atoms with E-state index in [1.165, 1.54) is 16.9 Å². The molecule has 2 aromatic rings. The monoisotopic (exact) mass is 303 g/mol. The Balaban J connectivity index is 2.00. The van der Waals surface area contributed by atoms with Crippen molar-refractivity contribution in [1.29, 1.82) is 0 Å². The predicted molar refractivity (Wildman–Crippen MR) is 89.0 cm³/mol. The van der Waals surface area contributed by atoms with Gasteiger partial charge in [-0.25, -0.2) is 4.98 Å². The molecule has 112 valence electrons. The van der Waals surface area contributed by atoms with Crippen LogP contribution in [0, 0.1) is 0 Å². The molecule has 0 radical (unpaired) electrons. The van der Waals surface area contributed by atoms with Crippen LogP contribution in [0.3, 0.4) is 0 Å². The SMILES string of the molecule is CCc1cccc(NCc2csc(N(CC)C(C)=O)n2)c1. The van der Waals surface area contributed by atoms with Crippen LogP contribution in [-0.4, -0.2) is 17.4 Å². The highest BCUT2D eigenvalue weighted by Gasteiger charge is 2.13. The summed E-state index contributed by atoms with van der Waals surface area (Å²) >= 11 is 1.51. The van der Waals surface area contributed by atoms with Crippen molar-refractivity contribution >= 4 is 28.1 Å². The molecule has 0 fully saturated rings. The summed E-state index contributed by atoms with van der Waals surface area (Å²) in [6.45, 7) is 6.98. The minimum atomic E-state index is 0.0296. The summed E-state index contributed by atoms with van der Waals surface area (Å²) in [6.07, 6.45) is 1.03. The van der Waals surface area contributed by atoms with Crippen LogP contribution in [0.25, 0.3) is 0 Å². The third-order valence-corrected chi connectivity index (χ3v) is 4.19. The van der Waals surface area contributed by atoms with Gasteiger partial charge in [-0.3, -0.25) is 9.69 Å². The van der Waals surface area contributed by atoms with Gasteiger partial charge in [0.2, 0.25) is 5.91 Å². The zero-order valence-corrected chi connectivity index (χ0v) is 13.5. The topological polar surface area (TPSA) is 45.2 Å². The zero-order chi connectivity index (χ0) is 15.2. The molecular weight excluding hydrogens is 282 g/mol. The molecule has 0 aliphatic heterocycles. The lowest BCUT2D eigenvalue weighted by atomic mass is 10.1. The maximum Gasteiger partial charge on any atom is 0.225 e. The molecule has 0 saturated heterocycles. The van der Waals surface area contributed by atoms with Crippen LogP contribution in [0.4, 0.5) is 10.8 Å². The highest BCUT2D eigenvalue weighted by molar-refractivity contribution is 7.14. The number of rotatable bonds is 6. The van der Waals surface area contributed by atoms with Crippen LogP contribution in [0.2, 0.25) is 0 Å². The number of anilines is 2. The van der Waals surface area contributed by atoms with Gasteiger partial charge in [0, 0.05) is 24.5 Å². The highest BCUT2D eigenvalue weighted by atomic mass is 32.1. The number of nitrogens with one attached hydrogen (secondary N) is 1. The quantitative estimate of drug-likeness (QED) is 0.885. The first-order valence-corrected chi connectivity index (χ1v) is 8.07. The zero-order valence-electron chi connectivity index (χ0n) is 12.7. The largest absolute Gasteiger partial charge is 0.379 e. The van der Waals surface area contributed by atoms with Crippen LogP contribution in [0.1, 0.15) is 32.0 Å². The maximum absolute atomic E-state index is 11.5. The number of carbonyl (C=O) groups is 1. The van der Waals surface area contributed by atoms with E-state index in [0.717, 1.165) is 22.9 Å². The number of carbonyl (C=O) groups excluding carboxylic acids is 1. The van der Waals surface area contributed by atoms with Gasteiger partial charge in [0.1, 0.15) is 0 Å². The van der Waals surface area contributed by atoms with Crippen LogP contribution < -0.4 is 10.2 Å². The Morgan fingerprint density at radius 3 is 2.86 bits per heavy atom. The van der Waals surface area contributed by atoms with Crippen LogP contribution >= 0.6 is 11.3 Å². The van der Waals surface area contributed by atoms with E-state index >= 15 is 0 Å². The van der Waals surface area contributed by atoms with Gasteiger partial charge in [-0.1, -0.05) is 19.1 Å². The van der Waals surface area contributed by atoms with Crippen molar-refractivity contribution in [3.63, 3.8) is 0 Å². The predicted octanol–water partition coefficient (Wildman–Crippen LogP) is 3.69. The number of aromatic nitrogens is 1. The van der Waals surface area contributed by atoms with Gasteiger partial charge in [-0.05, 0) is 31.0 Å². The van der Waals surface area contributed by atoms with Gasteiger partial charge >= 0.3 is 0 Å². The van der Waals surface area contributed by atoms with E-state index in [0.29, 0.717) is 13.1 Å². The number of hydrogen-bond acceptors (Lipinski definition) is 4. The lowest BCUT2D eigenvalue weighted by Crippen LogP contribution is -2.27. The molecule has 0 atom stereocenters. The number of nitrogens with zero attached hydrogens (tertiary/aromatic N) is 2. The fourth-order valence-corrected chi connectivity index (χ4v) is 3.02. The highest BCUT2D eigenvalue weighted by Crippen LogP contribution is 2.21. The van der Waals surface area contributed by atoms with Gasteiger partial charge in [0.05, 0.1) is 12.2 Å². The van der Waals surface area contributed by atoms with E-state index in [4.69, 9.17) is 0 Å². The maximum atomic E-state index is 11.5. The van der Waals surface area contributed by atoms with Crippen LogP contribution in [0.15, 0.2) is 29.6 Å². The van der Waals surface area contributed by atoms with E-state index in [-0.39, 0.29) is 5.91 Å². The van der Waals surface area contributed by atoms with E-state index < -0.39 is 0 Å². The molecular formula is C16H21N3OS. The molecule has 0 bridgehead atoms. The van der Waals surface area contributed by atoms with Crippen molar-refractivity contribution in [2.24, 2.45) is 0 Å². The Morgan fingerprint density at radius 2 is 2.19 bits per heavy atom. The third kappa shape index (κ3) is 4.04. The molecule has 0 unspecified atom stereocenters. The number of amides is 1. The van der Waals surface area contributed by atoms with Crippen LogP contribution in [-0.2, 0) is 17.8 Å². The molecule has 0 aliphatic carbocycles. The molecule has 1 amide bonds. The summed E-state index contributed by atoms with van der Waals surface area (Å²) in [7, 11) is 0. The van der Waals surface area contributed by atoms with Crippen LogP contribution in [0.5, 0.6) is 0 Å². The summed E-state index contributed by atoms with van der Waals surface area (Å²) in [5, 5.41) is 6.14. The Bertz CT molecular complexity index is 609. The van der Waals surface area contributed by atoms with Crippen molar-refractivity contribution in [2.75, 3.05) is 16.8 Å². The molecule has 21 heavy (non-hydrogen) atoms. The van der Waals surface area contributed by atoms with Crippen molar-refractivity contribution in [1.82, 2.24) is 4.98 Å². The number of hydrogen-bond donors (Lipinski definition) is 1. The molecule has 1 heterocycles. The molecule has 0 saturated carbocycles. The molecule has 2 rings (SSSR count). The first kappa shape index (κ1) is 15.5. The van der Waals surface area contributed by atoms with Gasteiger partial charge in [-0.2, -0.15) is 0 Å². The first-order valence-electron chi connectivity index (χ1n) is 7.19. The Hall–Kier alpha value is -1.88. The van der Waals surface area contributed by atoms with E-state index in [1.54, 1.807) is 11.8 Å². The Morgan fingerprint density at radius 1 is 1.38 bits per heavy atom. The fraction of sp³-hybridized carbons (Fsp3) is 0.375. The summed E-state index contributed by atoms with van der Waals surface area (Å²) in [4.78, 5) is 17.7. The second-order valence-electron chi connectivity index (χ2n) is 4.79. The summed E-state index contributed by atoms with van der Waals surface area (Å²) in [5.74, 6) is 0.0296. The van der Waals surface area contributed by atoms with Crippen molar-refractivity contribution in [2.45, 2.75) is 33.7 Å². The molecule has 5 heteroatoms. The molecule has 1 aromatic heterocycles. The lowest BCUT2D eigenvalue weighted by molar-refractivity contribution is -0.116.